The zero-order chi connectivity index (χ0) is 15.9. The number of non-ortho nitro benzene ring substituents is 1. The van der Waals surface area contributed by atoms with Crippen molar-refractivity contribution in [2.24, 2.45) is 11.3 Å². The number of carboxylic acid groups (broad SMARTS) is 1. The summed E-state index contributed by atoms with van der Waals surface area (Å²) < 4.78 is 0. The minimum atomic E-state index is -0.825. The molecule has 22 heavy (non-hydrogen) atoms. The second kappa shape index (κ2) is 5.08. The van der Waals surface area contributed by atoms with E-state index in [1.54, 1.807) is 4.90 Å². The zero-order valence-corrected chi connectivity index (χ0v) is 11.9. The number of nitro groups is 1. The highest BCUT2D eigenvalue weighted by Gasteiger charge is 2.55. The number of nitro benzene ring substituents is 1. The predicted octanol–water partition coefficient (Wildman–Crippen LogP) is 1.92. The molecule has 2 atom stereocenters. The topological polar surface area (TPSA) is 101 Å². The second-order valence-electron chi connectivity index (χ2n) is 6.04. The minimum absolute atomic E-state index is 0.00648. The summed E-state index contributed by atoms with van der Waals surface area (Å²) in [6.07, 6.45) is 2.32. The molecule has 1 heterocycles. The van der Waals surface area contributed by atoms with Gasteiger partial charge in [-0.2, -0.15) is 0 Å². The smallest absolute Gasteiger partial charge is 0.311 e. The van der Waals surface area contributed by atoms with Crippen molar-refractivity contribution < 1.29 is 19.6 Å². The van der Waals surface area contributed by atoms with E-state index in [0.29, 0.717) is 18.5 Å². The normalized spacial score (nSPS) is 26.7. The Kier molecular flexibility index (Phi) is 3.35. The Balaban J connectivity index is 1.79. The molecule has 1 aliphatic carbocycles. The highest BCUT2D eigenvalue weighted by molar-refractivity contribution is 5.95. The van der Waals surface area contributed by atoms with Gasteiger partial charge in [-0.25, -0.2) is 0 Å². The summed E-state index contributed by atoms with van der Waals surface area (Å²) in [7, 11) is 0. The summed E-state index contributed by atoms with van der Waals surface area (Å²) in [5.41, 5.74) is -0.529. The molecule has 0 bridgehead atoms. The van der Waals surface area contributed by atoms with Gasteiger partial charge in [-0.3, -0.25) is 19.7 Å². The molecule has 1 aromatic rings. The summed E-state index contributed by atoms with van der Waals surface area (Å²) >= 11 is 0. The van der Waals surface area contributed by atoms with E-state index < -0.39 is 16.3 Å². The number of hydrogen-bond acceptors (Lipinski definition) is 4. The third-order valence-electron chi connectivity index (χ3n) is 4.91. The minimum Gasteiger partial charge on any atom is -0.481 e. The molecule has 1 aromatic carbocycles. The largest absolute Gasteiger partial charge is 0.481 e. The van der Waals surface area contributed by atoms with Gasteiger partial charge in [0.15, 0.2) is 0 Å². The molecule has 1 aliphatic heterocycles. The average molecular weight is 304 g/mol. The molecule has 1 saturated heterocycles. The van der Waals surface area contributed by atoms with Crippen molar-refractivity contribution in [2.75, 3.05) is 13.1 Å². The maximum absolute atomic E-state index is 12.5. The first-order valence-electron chi connectivity index (χ1n) is 7.21. The van der Waals surface area contributed by atoms with Gasteiger partial charge in [0.1, 0.15) is 0 Å². The van der Waals surface area contributed by atoms with Crippen LogP contribution in [0.5, 0.6) is 0 Å². The Morgan fingerprint density at radius 1 is 1.32 bits per heavy atom. The number of carbonyl (C=O) groups excluding carboxylic acids is 1. The van der Waals surface area contributed by atoms with Crippen molar-refractivity contribution in [1.82, 2.24) is 4.90 Å². The van der Waals surface area contributed by atoms with Gasteiger partial charge in [0.2, 0.25) is 0 Å². The third kappa shape index (κ3) is 2.13. The number of benzene rings is 1. The van der Waals surface area contributed by atoms with Gasteiger partial charge in [0.25, 0.3) is 11.6 Å². The van der Waals surface area contributed by atoms with Crippen LogP contribution >= 0.6 is 0 Å². The molecular formula is C15H16N2O5. The molecular weight excluding hydrogens is 288 g/mol. The maximum Gasteiger partial charge on any atom is 0.311 e. The van der Waals surface area contributed by atoms with E-state index in [-0.39, 0.29) is 24.1 Å². The number of hydrogen-bond donors (Lipinski definition) is 1. The summed E-state index contributed by atoms with van der Waals surface area (Å²) in [5.74, 6) is -1.08. The molecule has 1 saturated carbocycles. The molecule has 0 spiro atoms. The quantitative estimate of drug-likeness (QED) is 0.679. The lowest BCUT2D eigenvalue weighted by Gasteiger charge is -2.23. The molecule has 0 unspecified atom stereocenters. The molecule has 2 fully saturated rings. The molecule has 2 aliphatic rings. The van der Waals surface area contributed by atoms with Crippen LogP contribution in [0, 0.1) is 21.4 Å². The lowest BCUT2D eigenvalue weighted by Crippen LogP contribution is -2.37. The SMILES string of the molecule is O=C(c1ccc([N+](=O)[O-])cc1)N1C[C@@H]2CCC[C@@]2(C(=O)O)C1. The van der Waals surface area contributed by atoms with Crippen molar-refractivity contribution in [3.63, 3.8) is 0 Å². The highest BCUT2D eigenvalue weighted by atomic mass is 16.6. The van der Waals surface area contributed by atoms with E-state index in [1.165, 1.54) is 24.3 Å². The number of aliphatic carboxylic acids is 1. The van der Waals surface area contributed by atoms with Crippen LogP contribution in [0.3, 0.4) is 0 Å². The van der Waals surface area contributed by atoms with Crippen LogP contribution in [-0.4, -0.2) is 39.9 Å². The van der Waals surface area contributed by atoms with Crippen LogP contribution in [0.25, 0.3) is 0 Å². The molecule has 7 heteroatoms. The van der Waals surface area contributed by atoms with Gasteiger partial charge in [-0.15, -0.1) is 0 Å². The number of carboxylic acids is 1. The molecule has 1 amide bonds. The van der Waals surface area contributed by atoms with Crippen LogP contribution in [-0.2, 0) is 4.79 Å². The Bertz CT molecular complexity index is 642. The number of amides is 1. The van der Waals surface area contributed by atoms with Crippen molar-refractivity contribution >= 4 is 17.6 Å². The van der Waals surface area contributed by atoms with Crippen LogP contribution < -0.4 is 0 Å². The molecule has 0 radical (unpaired) electrons. The monoisotopic (exact) mass is 304 g/mol. The number of rotatable bonds is 3. The van der Waals surface area contributed by atoms with Crippen LogP contribution in [0.1, 0.15) is 29.6 Å². The first-order chi connectivity index (χ1) is 10.4. The van der Waals surface area contributed by atoms with Crippen LogP contribution in [0.2, 0.25) is 0 Å². The van der Waals surface area contributed by atoms with Gasteiger partial charge in [-0.05, 0) is 30.9 Å². The fourth-order valence-corrected chi connectivity index (χ4v) is 3.70. The average Bonchev–Trinajstić information content (AvgIpc) is 3.04. The highest BCUT2D eigenvalue weighted by Crippen LogP contribution is 2.49. The number of carbonyl (C=O) groups is 2. The fourth-order valence-electron chi connectivity index (χ4n) is 3.70. The van der Waals surface area contributed by atoms with Crippen LogP contribution in [0.15, 0.2) is 24.3 Å². The van der Waals surface area contributed by atoms with Gasteiger partial charge < -0.3 is 10.0 Å². The van der Waals surface area contributed by atoms with Gasteiger partial charge >= 0.3 is 5.97 Å². The zero-order valence-electron chi connectivity index (χ0n) is 11.9. The van der Waals surface area contributed by atoms with E-state index in [9.17, 15) is 24.8 Å². The van der Waals surface area contributed by atoms with E-state index in [1.807, 2.05) is 0 Å². The summed E-state index contributed by atoms with van der Waals surface area (Å²) in [5, 5.41) is 20.2. The Hall–Kier alpha value is -2.44. The third-order valence-corrected chi connectivity index (χ3v) is 4.91. The summed E-state index contributed by atoms with van der Waals surface area (Å²) in [6.45, 7) is 0.672. The van der Waals surface area contributed by atoms with Gasteiger partial charge in [0, 0.05) is 30.8 Å². The van der Waals surface area contributed by atoms with Gasteiger partial charge in [0.05, 0.1) is 10.3 Å². The second-order valence-corrected chi connectivity index (χ2v) is 6.04. The number of likely N-dealkylation sites (tertiary alicyclic amines) is 1. The summed E-state index contributed by atoms with van der Waals surface area (Å²) in [4.78, 5) is 35.8. The number of fused-ring (bicyclic) bond motifs is 1. The molecule has 7 nitrogen and oxygen atoms in total. The first kappa shape index (κ1) is 14.5. The molecule has 116 valence electrons. The number of nitrogens with zero attached hydrogens (tertiary/aromatic N) is 2. The van der Waals surface area contributed by atoms with E-state index in [4.69, 9.17) is 0 Å². The lowest BCUT2D eigenvalue weighted by molar-refractivity contribution is -0.384. The fraction of sp³-hybridized carbons (Fsp3) is 0.467. The Morgan fingerprint density at radius 3 is 2.55 bits per heavy atom. The van der Waals surface area contributed by atoms with Crippen LogP contribution in [0.4, 0.5) is 5.69 Å². The molecule has 0 aromatic heterocycles. The molecule has 3 rings (SSSR count). The van der Waals surface area contributed by atoms with Crippen molar-refractivity contribution in [3.8, 4) is 0 Å². The lowest BCUT2D eigenvalue weighted by atomic mass is 9.81. The predicted molar refractivity (Wildman–Crippen MR) is 76.4 cm³/mol. The van der Waals surface area contributed by atoms with Crippen molar-refractivity contribution in [3.05, 3.63) is 39.9 Å². The van der Waals surface area contributed by atoms with Crippen molar-refractivity contribution in [2.45, 2.75) is 19.3 Å². The Morgan fingerprint density at radius 2 is 2.00 bits per heavy atom. The summed E-state index contributed by atoms with van der Waals surface area (Å²) in [6, 6.07) is 5.41. The first-order valence-corrected chi connectivity index (χ1v) is 7.21. The van der Waals surface area contributed by atoms with E-state index in [2.05, 4.69) is 0 Å². The molecule has 1 N–H and O–H groups in total. The maximum atomic E-state index is 12.5. The van der Waals surface area contributed by atoms with Gasteiger partial charge in [-0.1, -0.05) is 6.42 Å². The van der Waals surface area contributed by atoms with Crippen molar-refractivity contribution in [1.29, 1.82) is 0 Å². The van der Waals surface area contributed by atoms with E-state index in [0.717, 1.165) is 12.8 Å². The van der Waals surface area contributed by atoms with E-state index >= 15 is 0 Å². The standard InChI is InChI=1S/C15H16N2O5/c18-13(10-3-5-12(6-4-10)17(21)22)16-8-11-2-1-7-15(11,9-16)14(19)20/h3-6,11H,1-2,7-9H2,(H,19,20)/t11-,15+/m0/s1. The Labute approximate surface area is 126 Å².